The molecule has 0 amide bonds. The molecule has 1 unspecified atom stereocenters. The first-order valence-corrected chi connectivity index (χ1v) is 24.2. The summed E-state index contributed by atoms with van der Waals surface area (Å²) in [6.45, 7) is 0. The molecule has 12 aromatic rings. The maximum Gasteiger partial charge on any atom is 0.134 e. The highest BCUT2D eigenvalue weighted by Crippen LogP contribution is 2.42. The van der Waals surface area contributed by atoms with Crippen LogP contribution in [0.3, 0.4) is 0 Å². The van der Waals surface area contributed by atoms with Gasteiger partial charge in [0.1, 0.15) is 12.2 Å². The van der Waals surface area contributed by atoms with Gasteiger partial charge in [-0.3, -0.25) is 4.57 Å². The first-order valence-electron chi connectivity index (χ1n) is 24.2. The van der Waals surface area contributed by atoms with Crippen LogP contribution in [-0.2, 0) is 0 Å². The summed E-state index contributed by atoms with van der Waals surface area (Å²) in [6, 6.07) is 91.4. The van der Waals surface area contributed by atoms with Crippen molar-refractivity contribution in [2.24, 2.45) is 4.99 Å². The van der Waals surface area contributed by atoms with Gasteiger partial charge in [0.25, 0.3) is 0 Å². The zero-order chi connectivity index (χ0) is 47.1. The molecular weight excluding hydrogens is 861 g/mol. The monoisotopic (exact) mass is 906 g/mol. The minimum absolute atomic E-state index is 0.0475. The van der Waals surface area contributed by atoms with Crippen LogP contribution in [0.2, 0.25) is 0 Å². The number of amidine groups is 1. The zero-order valence-electron chi connectivity index (χ0n) is 38.8. The first-order chi connectivity index (χ1) is 35.2. The fourth-order valence-electron chi connectivity index (χ4n) is 10.4. The number of para-hydroxylation sites is 1. The largest absolute Gasteiger partial charge is 0.359 e. The van der Waals surface area contributed by atoms with Crippen LogP contribution in [0.25, 0.3) is 99.6 Å². The van der Waals surface area contributed by atoms with Crippen molar-refractivity contribution >= 4 is 44.1 Å². The Morgan fingerprint density at radius 1 is 0.352 bits per heavy atom. The van der Waals surface area contributed by atoms with E-state index < -0.39 is 0 Å². The normalized spacial score (nSPS) is 13.5. The van der Waals surface area contributed by atoms with Crippen molar-refractivity contribution in [2.45, 2.75) is 6.04 Å². The number of hydrogen-bond donors (Lipinski definition) is 1. The van der Waals surface area contributed by atoms with Gasteiger partial charge in [0.15, 0.2) is 0 Å². The van der Waals surface area contributed by atoms with Gasteiger partial charge < -0.3 is 5.32 Å². The molecule has 0 radical (unpaired) electrons. The molecule has 0 saturated carbocycles. The molecule has 4 heteroatoms. The van der Waals surface area contributed by atoms with E-state index in [1.807, 2.05) is 18.5 Å². The van der Waals surface area contributed by atoms with E-state index in [4.69, 9.17) is 4.99 Å². The van der Waals surface area contributed by atoms with Gasteiger partial charge in [-0.25, -0.2) is 9.98 Å². The number of imidazole rings is 1. The van der Waals surface area contributed by atoms with Gasteiger partial charge in [-0.2, -0.15) is 0 Å². The summed E-state index contributed by atoms with van der Waals surface area (Å²) in [4.78, 5) is 9.89. The van der Waals surface area contributed by atoms with Crippen molar-refractivity contribution in [3.63, 3.8) is 0 Å². The Kier molecular flexibility index (Phi) is 10.6. The smallest absolute Gasteiger partial charge is 0.134 e. The number of rotatable bonds is 9. The number of nitrogens with zero attached hydrogens (tertiary/aromatic N) is 3. The third kappa shape index (κ3) is 7.88. The fraction of sp³-hybridized carbons (Fsp3) is 0.0149. The van der Waals surface area contributed by atoms with Crippen molar-refractivity contribution < 1.29 is 0 Å². The van der Waals surface area contributed by atoms with Crippen molar-refractivity contribution in [3.8, 4) is 61.3 Å². The van der Waals surface area contributed by atoms with Gasteiger partial charge >= 0.3 is 0 Å². The summed E-state index contributed by atoms with van der Waals surface area (Å²) >= 11 is 0. The third-order valence-electron chi connectivity index (χ3n) is 14.0. The molecule has 71 heavy (non-hydrogen) atoms. The average Bonchev–Trinajstić information content (AvgIpc) is 3.89. The van der Waals surface area contributed by atoms with Crippen molar-refractivity contribution in [1.82, 2.24) is 14.9 Å². The molecule has 1 aromatic heterocycles. The molecule has 1 aliphatic heterocycles. The van der Waals surface area contributed by atoms with E-state index in [1.165, 1.54) is 71.6 Å². The van der Waals surface area contributed by atoms with Gasteiger partial charge in [-0.1, -0.05) is 231 Å². The van der Waals surface area contributed by atoms with Crippen LogP contribution in [0.5, 0.6) is 0 Å². The molecule has 1 atom stereocenters. The summed E-state index contributed by atoms with van der Waals surface area (Å²) in [5, 5.41) is 8.63. The number of fused-ring (bicyclic) bond motifs is 3. The molecule has 4 nitrogen and oxygen atoms in total. The van der Waals surface area contributed by atoms with Gasteiger partial charge in [0.2, 0.25) is 0 Å². The molecule has 13 rings (SSSR count). The maximum atomic E-state index is 5.21. The Balaban J connectivity index is 0.809. The van der Waals surface area contributed by atoms with Crippen molar-refractivity contribution in [2.75, 3.05) is 0 Å². The summed E-state index contributed by atoms with van der Waals surface area (Å²) in [5.74, 6) is 0.863. The van der Waals surface area contributed by atoms with Crippen LogP contribution in [0.4, 0.5) is 0 Å². The molecule has 1 aliphatic rings. The summed E-state index contributed by atoms with van der Waals surface area (Å²) in [6.07, 6.45) is 4.16. The van der Waals surface area contributed by atoms with Crippen LogP contribution < -0.4 is 5.32 Å². The number of benzene rings is 11. The van der Waals surface area contributed by atoms with Crippen LogP contribution in [-0.4, -0.2) is 15.4 Å². The minimum Gasteiger partial charge on any atom is -0.359 e. The Morgan fingerprint density at radius 3 is 1.38 bits per heavy atom. The number of nitrogens with one attached hydrogen (secondary N) is 1. The van der Waals surface area contributed by atoms with E-state index in [2.05, 4.69) is 264 Å². The van der Waals surface area contributed by atoms with Crippen LogP contribution in [0, 0.1) is 0 Å². The van der Waals surface area contributed by atoms with E-state index in [9.17, 15) is 0 Å². The lowest BCUT2D eigenvalue weighted by Gasteiger charge is -2.25. The molecule has 334 valence electrons. The lowest BCUT2D eigenvalue weighted by Crippen LogP contribution is -2.31. The van der Waals surface area contributed by atoms with Gasteiger partial charge in [0.05, 0.1) is 22.8 Å². The second-order valence-electron chi connectivity index (χ2n) is 18.2. The Hall–Kier alpha value is -9.38. The molecule has 0 bridgehead atoms. The highest BCUT2D eigenvalue weighted by Gasteiger charge is 2.21. The number of aromatic nitrogens is 2. The van der Waals surface area contributed by atoms with E-state index >= 15 is 0 Å². The lowest BCUT2D eigenvalue weighted by atomic mass is 9.87. The average molecular weight is 907 g/mol. The molecule has 2 heterocycles. The Bertz CT molecular complexity index is 3970. The predicted molar refractivity (Wildman–Crippen MR) is 297 cm³/mol. The van der Waals surface area contributed by atoms with E-state index in [0.29, 0.717) is 0 Å². The molecule has 0 fully saturated rings. The second-order valence-corrected chi connectivity index (χ2v) is 18.2. The maximum absolute atomic E-state index is 5.21. The topological polar surface area (TPSA) is 42.2 Å². The molecule has 0 aliphatic carbocycles. The fourth-order valence-corrected chi connectivity index (χ4v) is 10.4. The number of hydrogen-bond acceptors (Lipinski definition) is 3. The highest BCUT2D eigenvalue weighted by atomic mass is 15.1. The zero-order valence-corrected chi connectivity index (χ0v) is 38.8. The predicted octanol–water partition coefficient (Wildman–Crippen LogP) is 16.8. The summed E-state index contributed by atoms with van der Waals surface area (Å²) in [7, 11) is 0. The van der Waals surface area contributed by atoms with Crippen LogP contribution in [0.1, 0.15) is 22.7 Å². The van der Waals surface area contributed by atoms with Crippen molar-refractivity contribution in [1.29, 1.82) is 0 Å². The quantitative estimate of drug-likeness (QED) is 0.157. The van der Waals surface area contributed by atoms with Gasteiger partial charge in [-0.15, -0.1) is 0 Å². The van der Waals surface area contributed by atoms with E-state index in [0.717, 1.165) is 50.5 Å². The SMILES string of the molecule is C1=C(c2ccc(-c3ccc(-c4ccc(-c5ccc(-c6ccc7ncn(-c8ccccc8)c7c6)cc5)c5ccccc45)c4ccccc34)cc2)N=C(c2ccccc2)NC1c1ccc(-c2ccccc2)cc1. The molecule has 11 aromatic carbocycles. The van der Waals surface area contributed by atoms with Crippen molar-refractivity contribution in [3.05, 3.63) is 284 Å². The molecule has 1 N–H and O–H groups in total. The Labute approximate surface area is 413 Å². The standard InChI is InChI=1S/C67H46N4/c1-4-14-45(15-5-1)46-26-32-50(33-27-46)64-43-65(70-67(69-64)52-16-6-2-7-17-52)51-34-30-49(31-35-51)56-38-40-62(60-23-13-11-21-58(56)60)61-39-37-55(57-20-10-12-22-59(57)61)48-28-24-47(25-29-48)53-36-41-63-66(42-53)71(44-68-63)54-18-8-3-9-19-54/h1-44,64H,(H,69,70). The Morgan fingerprint density at radius 2 is 0.789 bits per heavy atom. The van der Waals surface area contributed by atoms with E-state index in [1.54, 1.807) is 0 Å². The lowest BCUT2D eigenvalue weighted by molar-refractivity contribution is 0.781. The van der Waals surface area contributed by atoms with Crippen LogP contribution in [0.15, 0.2) is 272 Å². The number of aliphatic imine (C=N–C) groups is 1. The van der Waals surface area contributed by atoms with Crippen LogP contribution >= 0.6 is 0 Å². The third-order valence-corrected chi connectivity index (χ3v) is 14.0. The summed E-state index contributed by atoms with van der Waals surface area (Å²) in [5.41, 5.74) is 19.4. The summed E-state index contributed by atoms with van der Waals surface area (Å²) < 4.78 is 2.15. The second kappa shape index (κ2) is 17.9. The molecule has 0 saturated heterocycles. The van der Waals surface area contributed by atoms with Gasteiger partial charge in [0, 0.05) is 11.3 Å². The highest BCUT2D eigenvalue weighted by molar-refractivity contribution is 6.12. The first kappa shape index (κ1) is 41.8. The van der Waals surface area contributed by atoms with Gasteiger partial charge in [-0.05, 0) is 119 Å². The molecular formula is C67H46N4. The minimum atomic E-state index is -0.0475. The van der Waals surface area contributed by atoms with E-state index in [-0.39, 0.29) is 6.04 Å². The molecule has 0 spiro atoms.